The molecule has 0 atom stereocenters. The van der Waals surface area contributed by atoms with Crippen molar-refractivity contribution in [1.82, 2.24) is 4.72 Å². The van der Waals surface area contributed by atoms with Crippen LogP contribution in [-0.4, -0.2) is 18.6 Å². The summed E-state index contributed by atoms with van der Waals surface area (Å²) in [5.74, 6) is 2.35. The van der Waals surface area contributed by atoms with Gasteiger partial charge in [-0.25, -0.2) is 13.1 Å². The topological polar surface area (TPSA) is 46.2 Å². The fraction of sp³-hybridized carbons (Fsp3) is 1.00. The van der Waals surface area contributed by atoms with Gasteiger partial charge in [0.05, 0.1) is 0 Å². The fourth-order valence-electron chi connectivity index (χ4n) is 4.59. The van der Waals surface area contributed by atoms with Crippen LogP contribution in [0.1, 0.15) is 38.5 Å². The summed E-state index contributed by atoms with van der Waals surface area (Å²) in [5.41, 5.74) is -0.0820. The Labute approximate surface area is 106 Å². The monoisotopic (exact) mass is 307 g/mol. The molecule has 0 unspecified atom stereocenters. The Kier molecular flexibility index (Phi) is 2.65. The van der Waals surface area contributed by atoms with E-state index in [1.165, 1.54) is 19.3 Å². The van der Waals surface area contributed by atoms with Crippen molar-refractivity contribution in [2.75, 3.05) is 4.66 Å². The van der Waals surface area contributed by atoms with Crippen LogP contribution in [0.15, 0.2) is 0 Å². The molecule has 4 rings (SSSR count). The highest BCUT2D eigenvalue weighted by atomic mass is 79.9. The maximum absolute atomic E-state index is 11.7. The molecule has 0 heterocycles. The summed E-state index contributed by atoms with van der Waals surface area (Å²) >= 11 is 3.06. The largest absolute Gasteiger partial charge is 0.222 e. The number of rotatable bonds is 3. The molecule has 4 bridgehead atoms. The van der Waals surface area contributed by atoms with Gasteiger partial charge in [0.1, 0.15) is 4.66 Å². The lowest BCUT2D eigenvalue weighted by Crippen LogP contribution is -2.59. The summed E-state index contributed by atoms with van der Waals surface area (Å²) < 4.78 is 26.5. The smallest absolute Gasteiger partial charge is 0.212 e. The van der Waals surface area contributed by atoms with Crippen LogP contribution >= 0.6 is 15.9 Å². The van der Waals surface area contributed by atoms with Crippen LogP contribution in [0.3, 0.4) is 0 Å². The lowest BCUT2D eigenvalue weighted by molar-refractivity contribution is -0.00802. The molecule has 3 nitrogen and oxygen atoms in total. The number of sulfonamides is 1. The molecule has 0 aliphatic heterocycles. The molecule has 0 aromatic rings. The number of hydrogen-bond donors (Lipinski definition) is 1. The van der Waals surface area contributed by atoms with Crippen LogP contribution in [0, 0.1) is 17.8 Å². The predicted molar refractivity (Wildman–Crippen MR) is 66.8 cm³/mol. The average Bonchev–Trinajstić information content (AvgIpc) is 2.13. The molecule has 0 aromatic carbocycles. The Morgan fingerprint density at radius 1 is 1.06 bits per heavy atom. The third-order valence-electron chi connectivity index (χ3n) is 4.55. The van der Waals surface area contributed by atoms with E-state index in [0.717, 1.165) is 37.0 Å². The van der Waals surface area contributed by atoms with E-state index in [9.17, 15) is 8.42 Å². The maximum Gasteiger partial charge on any atom is 0.222 e. The first kappa shape index (κ1) is 11.5. The molecule has 0 amide bonds. The first-order chi connectivity index (χ1) is 7.50. The second-order valence-electron chi connectivity index (χ2n) is 6.02. The van der Waals surface area contributed by atoms with Gasteiger partial charge in [-0.1, -0.05) is 15.9 Å². The quantitative estimate of drug-likeness (QED) is 0.813. The normalized spacial score (nSPS) is 46.2. The Balaban J connectivity index is 1.84. The zero-order valence-corrected chi connectivity index (χ0v) is 11.7. The third kappa shape index (κ3) is 1.95. The van der Waals surface area contributed by atoms with Gasteiger partial charge in [-0.05, 0) is 56.3 Å². The number of nitrogens with one attached hydrogen (secondary N) is 1. The molecular weight excluding hydrogens is 290 g/mol. The van der Waals surface area contributed by atoms with Gasteiger partial charge >= 0.3 is 0 Å². The fourth-order valence-corrected chi connectivity index (χ4v) is 5.90. The van der Waals surface area contributed by atoms with E-state index in [0.29, 0.717) is 0 Å². The molecule has 0 spiro atoms. The highest BCUT2D eigenvalue weighted by Crippen LogP contribution is 2.55. The Morgan fingerprint density at radius 3 is 1.88 bits per heavy atom. The van der Waals surface area contributed by atoms with Crippen LogP contribution in [0.25, 0.3) is 0 Å². The summed E-state index contributed by atoms with van der Waals surface area (Å²) in [6.07, 6.45) is 7.25. The molecule has 5 heteroatoms. The lowest BCUT2D eigenvalue weighted by Gasteiger charge is -2.56. The first-order valence-electron chi connectivity index (χ1n) is 6.08. The Bertz CT molecular complexity index is 358. The van der Waals surface area contributed by atoms with Crippen LogP contribution in [0.4, 0.5) is 0 Å². The van der Waals surface area contributed by atoms with Crippen molar-refractivity contribution in [2.24, 2.45) is 17.8 Å². The second kappa shape index (κ2) is 3.69. The van der Waals surface area contributed by atoms with E-state index in [1.807, 2.05) is 0 Å². The van der Waals surface area contributed by atoms with Gasteiger partial charge in [-0.3, -0.25) is 0 Å². The zero-order valence-electron chi connectivity index (χ0n) is 9.28. The molecular formula is C11H18BrNO2S. The molecule has 4 aliphatic carbocycles. The second-order valence-corrected chi connectivity index (χ2v) is 9.05. The van der Waals surface area contributed by atoms with E-state index in [2.05, 4.69) is 20.7 Å². The van der Waals surface area contributed by atoms with E-state index in [1.54, 1.807) is 0 Å². The van der Waals surface area contributed by atoms with Crippen molar-refractivity contribution in [3.05, 3.63) is 0 Å². The summed E-state index contributed by atoms with van der Waals surface area (Å²) in [6.45, 7) is 0. The predicted octanol–water partition coefficient (Wildman–Crippen LogP) is 2.23. The van der Waals surface area contributed by atoms with Gasteiger partial charge in [0.15, 0.2) is 0 Å². The molecule has 0 aromatic heterocycles. The minimum absolute atomic E-state index is 0.0295. The van der Waals surface area contributed by atoms with Gasteiger partial charge in [0.2, 0.25) is 10.0 Å². The number of halogens is 1. The van der Waals surface area contributed by atoms with Crippen LogP contribution < -0.4 is 4.72 Å². The van der Waals surface area contributed by atoms with Crippen LogP contribution in [0.2, 0.25) is 0 Å². The van der Waals surface area contributed by atoms with Gasteiger partial charge in [0, 0.05) is 5.54 Å². The molecule has 4 aliphatic rings. The average molecular weight is 308 g/mol. The van der Waals surface area contributed by atoms with Crippen molar-refractivity contribution in [1.29, 1.82) is 0 Å². The standard InChI is InChI=1S/C11H18BrNO2S/c12-7-16(14,15)13-11-4-8-1-9(5-11)3-10(2-8)6-11/h8-10,13H,1-7H2. The van der Waals surface area contributed by atoms with Gasteiger partial charge in [-0.15, -0.1) is 0 Å². The van der Waals surface area contributed by atoms with E-state index >= 15 is 0 Å². The minimum atomic E-state index is -3.12. The van der Waals surface area contributed by atoms with Crippen molar-refractivity contribution in [2.45, 2.75) is 44.1 Å². The summed E-state index contributed by atoms with van der Waals surface area (Å²) in [6, 6.07) is 0. The summed E-state index contributed by atoms with van der Waals surface area (Å²) in [5, 5.41) is 0. The van der Waals surface area contributed by atoms with Crippen molar-refractivity contribution in [3.8, 4) is 0 Å². The van der Waals surface area contributed by atoms with Crippen LogP contribution in [0.5, 0.6) is 0 Å². The molecule has 4 fully saturated rings. The first-order valence-corrected chi connectivity index (χ1v) is 8.85. The molecule has 16 heavy (non-hydrogen) atoms. The molecule has 4 saturated carbocycles. The van der Waals surface area contributed by atoms with E-state index < -0.39 is 10.0 Å². The SMILES string of the molecule is O=S(=O)(CBr)NC12CC3CC(CC(C3)C1)C2. The van der Waals surface area contributed by atoms with Crippen LogP contribution in [-0.2, 0) is 10.0 Å². The highest BCUT2D eigenvalue weighted by molar-refractivity contribution is 9.10. The van der Waals surface area contributed by atoms with E-state index in [4.69, 9.17) is 0 Å². The number of alkyl halides is 1. The highest BCUT2D eigenvalue weighted by Gasteiger charge is 2.52. The van der Waals surface area contributed by atoms with Gasteiger partial charge in [0.25, 0.3) is 0 Å². The maximum atomic E-state index is 11.7. The Morgan fingerprint density at radius 2 is 1.50 bits per heavy atom. The third-order valence-corrected chi connectivity index (χ3v) is 7.39. The van der Waals surface area contributed by atoms with Gasteiger partial charge in [-0.2, -0.15) is 0 Å². The molecule has 0 saturated heterocycles. The number of hydrogen-bond acceptors (Lipinski definition) is 2. The molecule has 1 N–H and O–H groups in total. The van der Waals surface area contributed by atoms with E-state index in [-0.39, 0.29) is 10.2 Å². The van der Waals surface area contributed by atoms with Crippen molar-refractivity contribution < 1.29 is 8.42 Å². The zero-order chi connectivity index (χ0) is 11.4. The van der Waals surface area contributed by atoms with Crippen molar-refractivity contribution >= 4 is 26.0 Å². The summed E-state index contributed by atoms with van der Waals surface area (Å²) in [7, 11) is -3.12. The summed E-state index contributed by atoms with van der Waals surface area (Å²) in [4.78, 5) is 0. The molecule has 92 valence electrons. The minimum Gasteiger partial charge on any atom is -0.212 e. The van der Waals surface area contributed by atoms with Crippen molar-refractivity contribution in [3.63, 3.8) is 0 Å². The lowest BCUT2D eigenvalue weighted by atomic mass is 9.53. The Hall–Kier alpha value is 0.390. The molecule has 0 radical (unpaired) electrons. The van der Waals surface area contributed by atoms with Gasteiger partial charge < -0.3 is 0 Å².